The number of carbonyl (C=O) groups excluding carboxylic acids is 1. The second-order valence-electron chi connectivity index (χ2n) is 3.66. The molecule has 0 spiro atoms. The van der Waals surface area contributed by atoms with Gasteiger partial charge in [-0.1, -0.05) is 0 Å². The molecule has 1 saturated carbocycles. The molecule has 0 aromatic carbocycles. The van der Waals surface area contributed by atoms with Crippen LogP contribution in [-0.2, 0) is 9.53 Å². The highest BCUT2D eigenvalue weighted by Crippen LogP contribution is 2.22. The van der Waals surface area contributed by atoms with Gasteiger partial charge in [-0.3, -0.25) is 4.79 Å². The highest BCUT2D eigenvalue weighted by atomic mass is 16.5. The van der Waals surface area contributed by atoms with Gasteiger partial charge in [0.2, 0.25) is 5.91 Å². The molecule has 1 aliphatic carbocycles. The Bertz CT molecular complexity index is 192. The molecule has 1 amide bonds. The first-order valence-electron chi connectivity index (χ1n) is 5.03. The fourth-order valence-electron chi connectivity index (χ4n) is 1.50. The van der Waals surface area contributed by atoms with Crippen LogP contribution in [0.1, 0.15) is 19.8 Å². The maximum absolute atomic E-state index is 10.6. The van der Waals surface area contributed by atoms with Gasteiger partial charge in [0.15, 0.2) is 0 Å². The average molecular weight is 201 g/mol. The molecule has 1 atom stereocenters. The van der Waals surface area contributed by atoms with Gasteiger partial charge < -0.3 is 21.5 Å². The second kappa shape index (κ2) is 5.29. The van der Waals surface area contributed by atoms with E-state index < -0.39 is 11.9 Å². The molecule has 0 bridgehead atoms. The Morgan fingerprint density at radius 1 is 1.64 bits per heavy atom. The van der Waals surface area contributed by atoms with Crippen LogP contribution in [0.2, 0.25) is 0 Å². The summed E-state index contributed by atoms with van der Waals surface area (Å²) >= 11 is 0. The number of nitrogens with one attached hydrogen (secondary N) is 1. The minimum Gasteiger partial charge on any atom is -0.378 e. The molecule has 0 aromatic heterocycles. The molecule has 0 radical (unpaired) electrons. The van der Waals surface area contributed by atoms with Gasteiger partial charge in [-0.25, -0.2) is 0 Å². The number of nitrogens with two attached hydrogens (primary N) is 2. The minimum atomic E-state index is -0.582. The van der Waals surface area contributed by atoms with Crippen molar-refractivity contribution in [2.24, 2.45) is 11.5 Å². The van der Waals surface area contributed by atoms with Crippen LogP contribution in [0.25, 0.3) is 0 Å². The van der Waals surface area contributed by atoms with Gasteiger partial charge in [0, 0.05) is 19.2 Å². The van der Waals surface area contributed by atoms with Crippen molar-refractivity contribution in [1.82, 2.24) is 5.32 Å². The molecular formula is C9H19N3O2. The third-order valence-electron chi connectivity index (χ3n) is 2.49. The van der Waals surface area contributed by atoms with Crippen LogP contribution < -0.4 is 16.8 Å². The van der Waals surface area contributed by atoms with Gasteiger partial charge in [-0.2, -0.15) is 0 Å². The molecule has 0 aromatic rings. The molecule has 0 heterocycles. The molecular weight excluding hydrogens is 182 g/mol. The Hall–Kier alpha value is -0.650. The van der Waals surface area contributed by atoms with Crippen molar-refractivity contribution in [3.8, 4) is 0 Å². The number of carbonyl (C=O) groups is 1. The number of primary amides is 1. The van der Waals surface area contributed by atoms with E-state index in [2.05, 4.69) is 5.32 Å². The predicted octanol–water partition coefficient (Wildman–Crippen LogP) is -1.04. The number of hydrogen-bond donors (Lipinski definition) is 3. The number of amides is 1. The lowest BCUT2D eigenvalue weighted by molar-refractivity contribution is -0.119. The van der Waals surface area contributed by atoms with E-state index in [4.69, 9.17) is 16.2 Å². The summed E-state index contributed by atoms with van der Waals surface area (Å²) in [6.07, 6.45) is 2.38. The Labute approximate surface area is 84.2 Å². The SMILES string of the molecule is CCOC1CC(NCC(N)C(N)=O)C1. The monoisotopic (exact) mass is 201 g/mol. The van der Waals surface area contributed by atoms with Crippen molar-refractivity contribution in [3.05, 3.63) is 0 Å². The Kier molecular flexibility index (Phi) is 4.31. The first kappa shape index (κ1) is 11.4. The third-order valence-corrected chi connectivity index (χ3v) is 2.49. The lowest BCUT2D eigenvalue weighted by Gasteiger charge is -2.35. The number of ether oxygens (including phenoxy) is 1. The van der Waals surface area contributed by atoms with Gasteiger partial charge in [0.1, 0.15) is 0 Å². The van der Waals surface area contributed by atoms with Crippen LogP contribution in [-0.4, -0.2) is 37.2 Å². The van der Waals surface area contributed by atoms with E-state index in [1.165, 1.54) is 0 Å². The smallest absolute Gasteiger partial charge is 0.235 e. The first-order valence-corrected chi connectivity index (χ1v) is 5.03. The largest absolute Gasteiger partial charge is 0.378 e. The second-order valence-corrected chi connectivity index (χ2v) is 3.66. The lowest BCUT2D eigenvalue weighted by Crippen LogP contribution is -2.52. The van der Waals surface area contributed by atoms with Crippen LogP contribution in [0, 0.1) is 0 Å². The summed E-state index contributed by atoms with van der Waals surface area (Å²) in [7, 11) is 0. The van der Waals surface area contributed by atoms with Crippen LogP contribution in [0.15, 0.2) is 0 Å². The standard InChI is InChI=1S/C9H19N3O2/c1-2-14-7-3-6(4-7)12-5-8(10)9(11)13/h6-8,12H,2-5,10H2,1H3,(H2,11,13). The quantitative estimate of drug-likeness (QED) is 0.512. The fraction of sp³-hybridized carbons (Fsp3) is 0.889. The zero-order valence-corrected chi connectivity index (χ0v) is 8.53. The van der Waals surface area contributed by atoms with Gasteiger partial charge in [-0.05, 0) is 19.8 Å². The van der Waals surface area contributed by atoms with E-state index in [0.717, 1.165) is 19.4 Å². The van der Waals surface area contributed by atoms with Crippen molar-refractivity contribution < 1.29 is 9.53 Å². The maximum Gasteiger partial charge on any atom is 0.235 e. The molecule has 5 nitrogen and oxygen atoms in total. The van der Waals surface area contributed by atoms with Crippen LogP contribution >= 0.6 is 0 Å². The van der Waals surface area contributed by atoms with Crippen molar-refractivity contribution in [2.45, 2.75) is 38.0 Å². The molecule has 0 aliphatic heterocycles. The van der Waals surface area contributed by atoms with Crippen LogP contribution in [0.3, 0.4) is 0 Å². The third kappa shape index (κ3) is 3.25. The number of hydrogen-bond acceptors (Lipinski definition) is 4. The maximum atomic E-state index is 10.6. The Balaban J connectivity index is 2.03. The predicted molar refractivity (Wildman–Crippen MR) is 53.6 cm³/mol. The summed E-state index contributed by atoms with van der Waals surface area (Å²) in [6, 6.07) is -0.155. The van der Waals surface area contributed by atoms with E-state index in [0.29, 0.717) is 18.7 Å². The Morgan fingerprint density at radius 2 is 2.29 bits per heavy atom. The molecule has 14 heavy (non-hydrogen) atoms. The van der Waals surface area contributed by atoms with Crippen molar-refractivity contribution in [2.75, 3.05) is 13.2 Å². The fourth-order valence-corrected chi connectivity index (χ4v) is 1.50. The summed E-state index contributed by atoms with van der Waals surface area (Å²) in [5.74, 6) is -0.460. The topological polar surface area (TPSA) is 90.4 Å². The van der Waals surface area contributed by atoms with Crippen LogP contribution in [0.4, 0.5) is 0 Å². The first-order chi connectivity index (χ1) is 6.63. The van der Waals surface area contributed by atoms with Gasteiger partial charge in [-0.15, -0.1) is 0 Å². The minimum absolute atomic E-state index is 0.377. The summed E-state index contributed by atoms with van der Waals surface area (Å²) in [5, 5.41) is 3.18. The zero-order chi connectivity index (χ0) is 10.6. The van der Waals surface area contributed by atoms with E-state index in [9.17, 15) is 4.79 Å². The zero-order valence-electron chi connectivity index (χ0n) is 8.53. The molecule has 0 saturated heterocycles. The summed E-state index contributed by atoms with van der Waals surface area (Å²) in [5.41, 5.74) is 10.5. The van der Waals surface area contributed by atoms with Crippen molar-refractivity contribution in [1.29, 1.82) is 0 Å². The molecule has 1 fully saturated rings. The molecule has 1 aliphatic rings. The highest BCUT2D eigenvalue weighted by Gasteiger charge is 2.29. The average Bonchev–Trinajstić information content (AvgIpc) is 2.08. The van der Waals surface area contributed by atoms with Crippen molar-refractivity contribution >= 4 is 5.91 Å². The number of rotatable bonds is 6. The van der Waals surface area contributed by atoms with E-state index in [-0.39, 0.29) is 0 Å². The normalized spacial score (nSPS) is 28.1. The van der Waals surface area contributed by atoms with E-state index in [1.807, 2.05) is 6.92 Å². The van der Waals surface area contributed by atoms with E-state index >= 15 is 0 Å². The molecule has 1 unspecified atom stereocenters. The Morgan fingerprint density at radius 3 is 2.79 bits per heavy atom. The highest BCUT2D eigenvalue weighted by molar-refractivity contribution is 5.79. The van der Waals surface area contributed by atoms with E-state index in [1.54, 1.807) is 0 Å². The van der Waals surface area contributed by atoms with Crippen molar-refractivity contribution in [3.63, 3.8) is 0 Å². The van der Waals surface area contributed by atoms with Gasteiger partial charge >= 0.3 is 0 Å². The molecule has 1 rings (SSSR count). The molecule has 5 N–H and O–H groups in total. The van der Waals surface area contributed by atoms with Crippen LogP contribution in [0.5, 0.6) is 0 Å². The lowest BCUT2D eigenvalue weighted by atomic mass is 9.89. The van der Waals surface area contributed by atoms with Gasteiger partial charge in [0.05, 0.1) is 12.1 Å². The summed E-state index contributed by atoms with van der Waals surface area (Å²) in [4.78, 5) is 10.6. The summed E-state index contributed by atoms with van der Waals surface area (Å²) < 4.78 is 5.40. The summed E-state index contributed by atoms with van der Waals surface area (Å²) in [6.45, 7) is 3.21. The molecule has 82 valence electrons. The van der Waals surface area contributed by atoms with Gasteiger partial charge in [0.25, 0.3) is 0 Å². The molecule has 5 heteroatoms.